The SMILES string of the molecule is CC1(C)OB(c2ccc(CC#N)c(C#N)c2)OC1(C)C. The molecule has 0 unspecified atom stereocenters. The van der Waals surface area contributed by atoms with Gasteiger partial charge in [0, 0.05) is 0 Å². The Morgan fingerprint density at radius 2 is 1.70 bits per heavy atom. The summed E-state index contributed by atoms with van der Waals surface area (Å²) in [5.41, 5.74) is 1.22. The quantitative estimate of drug-likeness (QED) is 0.768. The topological polar surface area (TPSA) is 66.0 Å². The van der Waals surface area contributed by atoms with Crippen molar-refractivity contribution in [2.45, 2.75) is 45.3 Å². The standard InChI is InChI=1S/C15H17BN2O2/c1-14(2)15(3,4)20-16(19-14)13-6-5-11(7-8-17)12(9-13)10-18/h5-6,9H,7H2,1-4H3. The summed E-state index contributed by atoms with van der Waals surface area (Å²) >= 11 is 0. The van der Waals surface area contributed by atoms with Crippen LogP contribution in [0.25, 0.3) is 0 Å². The fraction of sp³-hybridized carbons (Fsp3) is 0.467. The van der Waals surface area contributed by atoms with Gasteiger partial charge in [-0.1, -0.05) is 12.1 Å². The summed E-state index contributed by atoms with van der Waals surface area (Å²) in [7, 11) is -0.483. The molecule has 0 N–H and O–H groups in total. The first kappa shape index (κ1) is 14.6. The third-order valence-electron chi connectivity index (χ3n) is 4.05. The van der Waals surface area contributed by atoms with E-state index in [9.17, 15) is 5.26 Å². The summed E-state index contributed by atoms with van der Waals surface area (Å²) in [6.07, 6.45) is 0.229. The summed E-state index contributed by atoms with van der Waals surface area (Å²) in [6, 6.07) is 9.58. The van der Waals surface area contributed by atoms with E-state index in [0.29, 0.717) is 5.56 Å². The Morgan fingerprint density at radius 1 is 1.10 bits per heavy atom. The average Bonchev–Trinajstić information content (AvgIpc) is 2.59. The van der Waals surface area contributed by atoms with E-state index in [1.807, 2.05) is 33.8 Å². The third kappa shape index (κ3) is 2.43. The molecule has 0 bridgehead atoms. The zero-order valence-electron chi connectivity index (χ0n) is 12.2. The van der Waals surface area contributed by atoms with Crippen LogP contribution in [-0.4, -0.2) is 18.3 Å². The first-order chi connectivity index (χ1) is 9.30. The summed E-state index contributed by atoms with van der Waals surface area (Å²) in [6.45, 7) is 7.95. The third-order valence-corrected chi connectivity index (χ3v) is 4.05. The Morgan fingerprint density at radius 3 is 2.20 bits per heavy atom. The molecule has 0 amide bonds. The van der Waals surface area contributed by atoms with Gasteiger partial charge >= 0.3 is 7.12 Å². The van der Waals surface area contributed by atoms with Crippen molar-refractivity contribution < 1.29 is 9.31 Å². The average molecular weight is 268 g/mol. The lowest BCUT2D eigenvalue weighted by molar-refractivity contribution is 0.00578. The van der Waals surface area contributed by atoms with Crippen molar-refractivity contribution >= 4 is 12.6 Å². The molecule has 0 aromatic heterocycles. The second-order valence-corrected chi connectivity index (χ2v) is 5.95. The lowest BCUT2D eigenvalue weighted by Crippen LogP contribution is -2.41. The lowest BCUT2D eigenvalue weighted by Gasteiger charge is -2.32. The maximum atomic E-state index is 9.18. The Hall–Kier alpha value is -1.82. The van der Waals surface area contributed by atoms with Crippen LogP contribution in [-0.2, 0) is 15.7 Å². The molecule has 1 saturated heterocycles. The number of rotatable bonds is 2. The normalized spacial score (nSPS) is 19.4. The minimum atomic E-state index is -0.483. The minimum absolute atomic E-state index is 0.229. The maximum Gasteiger partial charge on any atom is 0.494 e. The monoisotopic (exact) mass is 268 g/mol. The van der Waals surface area contributed by atoms with Gasteiger partial charge in [-0.2, -0.15) is 10.5 Å². The van der Waals surface area contributed by atoms with Gasteiger partial charge in [-0.05, 0) is 44.8 Å². The Balaban J connectivity index is 2.33. The molecule has 5 heteroatoms. The summed E-state index contributed by atoms with van der Waals surface area (Å²) in [4.78, 5) is 0. The van der Waals surface area contributed by atoms with E-state index >= 15 is 0 Å². The largest absolute Gasteiger partial charge is 0.494 e. The first-order valence-electron chi connectivity index (χ1n) is 6.56. The van der Waals surface area contributed by atoms with E-state index in [2.05, 4.69) is 12.1 Å². The first-order valence-corrected chi connectivity index (χ1v) is 6.56. The molecule has 1 fully saturated rings. The van der Waals surface area contributed by atoms with Crippen LogP contribution in [0.15, 0.2) is 18.2 Å². The van der Waals surface area contributed by atoms with Crippen LogP contribution in [0.1, 0.15) is 38.8 Å². The highest BCUT2D eigenvalue weighted by Crippen LogP contribution is 2.36. The molecule has 2 rings (SSSR count). The Labute approximate surface area is 120 Å². The van der Waals surface area contributed by atoms with E-state index in [4.69, 9.17) is 14.6 Å². The van der Waals surface area contributed by atoms with Crippen LogP contribution in [0.4, 0.5) is 0 Å². The lowest BCUT2D eigenvalue weighted by atomic mass is 9.77. The number of nitrogens with zero attached hydrogens (tertiary/aromatic N) is 2. The molecule has 1 aromatic rings. The number of benzene rings is 1. The molecule has 0 atom stereocenters. The fourth-order valence-corrected chi connectivity index (χ4v) is 2.06. The highest BCUT2D eigenvalue weighted by molar-refractivity contribution is 6.62. The predicted molar refractivity (Wildman–Crippen MR) is 76.2 cm³/mol. The van der Waals surface area contributed by atoms with Gasteiger partial charge in [0.2, 0.25) is 0 Å². The fourth-order valence-electron chi connectivity index (χ4n) is 2.06. The Kier molecular flexibility index (Phi) is 3.60. The van der Waals surface area contributed by atoms with Crippen LogP contribution in [0.2, 0.25) is 0 Å². The molecule has 0 saturated carbocycles. The van der Waals surface area contributed by atoms with Gasteiger partial charge < -0.3 is 9.31 Å². The van der Waals surface area contributed by atoms with E-state index < -0.39 is 18.3 Å². The van der Waals surface area contributed by atoms with Crippen molar-refractivity contribution in [2.75, 3.05) is 0 Å². The molecule has 102 valence electrons. The van der Waals surface area contributed by atoms with Gasteiger partial charge in [0.25, 0.3) is 0 Å². The molecule has 1 heterocycles. The molecule has 0 aliphatic carbocycles. The zero-order chi connectivity index (χ0) is 15.0. The van der Waals surface area contributed by atoms with Crippen molar-refractivity contribution in [2.24, 2.45) is 0 Å². The van der Waals surface area contributed by atoms with Crippen LogP contribution >= 0.6 is 0 Å². The smallest absolute Gasteiger partial charge is 0.399 e. The number of hydrogen-bond acceptors (Lipinski definition) is 4. The zero-order valence-corrected chi connectivity index (χ0v) is 12.2. The Bertz CT molecular complexity index is 595. The molecule has 0 spiro atoms. The van der Waals surface area contributed by atoms with Crippen LogP contribution in [0, 0.1) is 22.7 Å². The molecule has 1 aliphatic rings. The second-order valence-electron chi connectivity index (χ2n) is 5.95. The second kappa shape index (κ2) is 4.94. The van der Waals surface area contributed by atoms with Crippen molar-refractivity contribution in [3.8, 4) is 12.1 Å². The molecule has 1 aliphatic heterocycles. The van der Waals surface area contributed by atoms with Crippen molar-refractivity contribution in [1.82, 2.24) is 0 Å². The summed E-state index contributed by atoms with van der Waals surface area (Å²) in [5, 5.41) is 17.9. The van der Waals surface area contributed by atoms with Gasteiger partial charge in [0.05, 0.1) is 35.3 Å². The molecule has 20 heavy (non-hydrogen) atoms. The van der Waals surface area contributed by atoms with Crippen molar-refractivity contribution in [1.29, 1.82) is 10.5 Å². The van der Waals surface area contributed by atoms with E-state index in [1.54, 1.807) is 12.1 Å². The van der Waals surface area contributed by atoms with Gasteiger partial charge in [-0.25, -0.2) is 0 Å². The number of hydrogen-bond donors (Lipinski definition) is 0. The molecule has 0 radical (unpaired) electrons. The summed E-state index contributed by atoms with van der Waals surface area (Å²) in [5.74, 6) is 0. The highest BCUT2D eigenvalue weighted by Gasteiger charge is 2.51. The van der Waals surface area contributed by atoms with Crippen LogP contribution in [0.3, 0.4) is 0 Å². The molecular weight excluding hydrogens is 251 g/mol. The van der Waals surface area contributed by atoms with Crippen molar-refractivity contribution in [3.05, 3.63) is 29.3 Å². The van der Waals surface area contributed by atoms with Gasteiger partial charge in [0.1, 0.15) is 0 Å². The van der Waals surface area contributed by atoms with E-state index in [0.717, 1.165) is 11.0 Å². The highest BCUT2D eigenvalue weighted by atomic mass is 16.7. The van der Waals surface area contributed by atoms with Crippen LogP contribution in [0.5, 0.6) is 0 Å². The van der Waals surface area contributed by atoms with Crippen molar-refractivity contribution in [3.63, 3.8) is 0 Å². The van der Waals surface area contributed by atoms with Gasteiger partial charge in [-0.3, -0.25) is 0 Å². The molecular formula is C15H17BN2O2. The minimum Gasteiger partial charge on any atom is -0.399 e. The van der Waals surface area contributed by atoms with Gasteiger partial charge in [-0.15, -0.1) is 0 Å². The molecule has 1 aromatic carbocycles. The van der Waals surface area contributed by atoms with Gasteiger partial charge in [0.15, 0.2) is 0 Å². The summed E-state index contributed by atoms with van der Waals surface area (Å²) < 4.78 is 11.9. The number of nitriles is 2. The van der Waals surface area contributed by atoms with E-state index in [1.165, 1.54) is 0 Å². The van der Waals surface area contributed by atoms with Crippen LogP contribution < -0.4 is 5.46 Å². The maximum absolute atomic E-state index is 9.18. The van der Waals surface area contributed by atoms with E-state index in [-0.39, 0.29) is 6.42 Å². The predicted octanol–water partition coefficient (Wildman–Crippen LogP) is 1.92. The molecule has 4 nitrogen and oxygen atoms in total.